The Hall–Kier alpha value is -0.0900. The Balaban J connectivity index is 2.42. The van der Waals surface area contributed by atoms with Crippen LogP contribution in [0.5, 0.6) is 0 Å². The Morgan fingerprint density at radius 3 is 3.10 bits per heavy atom. The van der Waals surface area contributed by atoms with Gasteiger partial charge in [0.25, 0.3) is 0 Å². The first-order chi connectivity index (χ1) is 4.83. The third kappa shape index (κ3) is 2.27. The minimum Gasteiger partial charge on any atom is -0.362 e. The molecule has 0 radical (unpaired) electrons. The first kappa shape index (κ1) is 8.01. The number of nitrogens with zero attached hydrogens (tertiary/aromatic N) is 1. The lowest BCUT2D eigenvalue weighted by Crippen LogP contribution is -1.97. The van der Waals surface area contributed by atoms with E-state index in [4.69, 9.17) is 0 Å². The average Bonchev–Trinajstić information content (AvgIpc) is 2.31. The van der Waals surface area contributed by atoms with E-state index in [9.17, 15) is 0 Å². The second-order valence-corrected chi connectivity index (χ2v) is 4.31. The molecule has 0 aliphatic heterocycles. The zero-order valence-corrected chi connectivity index (χ0v) is 8.13. The first-order valence-electron chi connectivity index (χ1n) is 3.18. The van der Waals surface area contributed by atoms with Crippen molar-refractivity contribution >= 4 is 32.4 Å². The van der Waals surface area contributed by atoms with Gasteiger partial charge >= 0.3 is 0 Å². The topological polar surface area (TPSA) is 24.9 Å². The molecular formula is C6H9BrN2S. The maximum absolute atomic E-state index is 4.11. The van der Waals surface area contributed by atoms with E-state index in [1.54, 1.807) is 11.3 Å². The van der Waals surface area contributed by atoms with E-state index < -0.39 is 0 Å². The largest absolute Gasteiger partial charge is 0.362 e. The molecule has 4 heteroatoms. The molecule has 0 aliphatic rings. The van der Waals surface area contributed by atoms with Crippen LogP contribution in [0.1, 0.15) is 13.3 Å². The molecule has 0 fully saturated rings. The molecule has 56 valence electrons. The highest BCUT2D eigenvalue weighted by Gasteiger charge is 1.95. The Bertz CT molecular complexity index is 199. The van der Waals surface area contributed by atoms with Gasteiger partial charge in [-0.05, 0) is 22.4 Å². The minimum atomic E-state index is 0.994. The molecular weight excluding hydrogens is 212 g/mol. The predicted molar refractivity (Wildman–Crippen MR) is 48.6 cm³/mol. The summed E-state index contributed by atoms with van der Waals surface area (Å²) in [5, 5.41) is 4.19. The van der Waals surface area contributed by atoms with Gasteiger partial charge in [-0.25, -0.2) is 4.98 Å². The second kappa shape index (κ2) is 3.93. The molecule has 0 saturated heterocycles. The molecule has 2 nitrogen and oxygen atoms in total. The molecule has 0 amide bonds. The quantitative estimate of drug-likeness (QED) is 0.848. The smallest absolute Gasteiger partial charge is 0.183 e. The molecule has 1 N–H and O–H groups in total. The fraction of sp³-hybridized carbons (Fsp3) is 0.500. The second-order valence-electron chi connectivity index (χ2n) is 1.90. The number of aromatic nitrogens is 1. The van der Waals surface area contributed by atoms with Crippen molar-refractivity contribution < 1.29 is 0 Å². The Labute approximate surface area is 72.8 Å². The molecule has 1 rings (SSSR count). The van der Waals surface area contributed by atoms with Crippen molar-refractivity contribution in [2.45, 2.75) is 13.3 Å². The molecule has 10 heavy (non-hydrogen) atoms. The van der Waals surface area contributed by atoms with Crippen LogP contribution >= 0.6 is 27.3 Å². The summed E-state index contributed by atoms with van der Waals surface area (Å²) in [5.41, 5.74) is 0. The summed E-state index contributed by atoms with van der Waals surface area (Å²) in [6.07, 6.45) is 2.94. The number of halogens is 1. The summed E-state index contributed by atoms with van der Waals surface area (Å²) >= 11 is 4.96. The fourth-order valence-electron chi connectivity index (χ4n) is 0.568. The van der Waals surface area contributed by atoms with Gasteiger partial charge in [0, 0.05) is 6.54 Å². The molecule has 0 aromatic carbocycles. The summed E-state index contributed by atoms with van der Waals surface area (Å²) < 4.78 is 1.08. The van der Waals surface area contributed by atoms with Gasteiger partial charge in [0.15, 0.2) is 5.13 Å². The van der Waals surface area contributed by atoms with Gasteiger partial charge in [0.2, 0.25) is 0 Å². The minimum absolute atomic E-state index is 0.994. The zero-order valence-electron chi connectivity index (χ0n) is 5.72. The predicted octanol–water partition coefficient (Wildman–Crippen LogP) is 2.73. The van der Waals surface area contributed by atoms with Crippen molar-refractivity contribution in [2.24, 2.45) is 0 Å². The SMILES string of the molecule is CCCNc1ncc(Br)s1. The Kier molecular flexibility index (Phi) is 3.15. The highest BCUT2D eigenvalue weighted by atomic mass is 79.9. The Morgan fingerprint density at radius 1 is 1.80 bits per heavy atom. The van der Waals surface area contributed by atoms with Crippen LogP contribution in [0.2, 0.25) is 0 Å². The van der Waals surface area contributed by atoms with E-state index in [1.165, 1.54) is 0 Å². The van der Waals surface area contributed by atoms with E-state index in [1.807, 2.05) is 6.20 Å². The van der Waals surface area contributed by atoms with Gasteiger partial charge in [-0.15, -0.1) is 0 Å². The van der Waals surface area contributed by atoms with E-state index in [0.29, 0.717) is 0 Å². The number of hydrogen-bond acceptors (Lipinski definition) is 3. The maximum Gasteiger partial charge on any atom is 0.183 e. The summed E-state index contributed by atoms with van der Waals surface area (Å²) in [6.45, 7) is 3.13. The molecule has 0 spiro atoms. The molecule has 1 aromatic rings. The van der Waals surface area contributed by atoms with Crippen LogP contribution in [0.4, 0.5) is 5.13 Å². The Morgan fingerprint density at radius 2 is 2.60 bits per heavy atom. The highest BCUT2D eigenvalue weighted by molar-refractivity contribution is 9.11. The van der Waals surface area contributed by atoms with Gasteiger partial charge in [0.1, 0.15) is 0 Å². The van der Waals surface area contributed by atoms with Crippen LogP contribution in [-0.2, 0) is 0 Å². The van der Waals surface area contributed by atoms with E-state index in [-0.39, 0.29) is 0 Å². The lowest BCUT2D eigenvalue weighted by molar-refractivity contribution is 0.976. The number of nitrogens with one attached hydrogen (secondary N) is 1. The van der Waals surface area contributed by atoms with Gasteiger partial charge < -0.3 is 5.32 Å². The van der Waals surface area contributed by atoms with Crippen LogP contribution in [0, 0.1) is 0 Å². The molecule has 0 saturated carbocycles. The van der Waals surface area contributed by atoms with Gasteiger partial charge in [-0.1, -0.05) is 18.3 Å². The normalized spacial score (nSPS) is 9.80. The number of rotatable bonds is 3. The van der Waals surface area contributed by atoms with Gasteiger partial charge in [0.05, 0.1) is 9.98 Å². The van der Waals surface area contributed by atoms with Crippen LogP contribution in [-0.4, -0.2) is 11.5 Å². The highest BCUT2D eigenvalue weighted by Crippen LogP contribution is 2.22. The van der Waals surface area contributed by atoms with E-state index >= 15 is 0 Å². The van der Waals surface area contributed by atoms with Crippen molar-refractivity contribution in [3.8, 4) is 0 Å². The monoisotopic (exact) mass is 220 g/mol. The first-order valence-corrected chi connectivity index (χ1v) is 4.79. The van der Waals surface area contributed by atoms with Gasteiger partial charge in [-0.2, -0.15) is 0 Å². The molecule has 1 aromatic heterocycles. The third-order valence-electron chi connectivity index (χ3n) is 1.00. The summed E-state index contributed by atoms with van der Waals surface area (Å²) in [6, 6.07) is 0. The standard InChI is InChI=1S/C6H9BrN2S/c1-2-3-8-6-9-4-5(7)10-6/h4H,2-3H2,1H3,(H,8,9). The van der Waals surface area contributed by atoms with Crippen molar-refractivity contribution in [2.75, 3.05) is 11.9 Å². The van der Waals surface area contributed by atoms with Crippen LogP contribution in [0.3, 0.4) is 0 Å². The average molecular weight is 221 g/mol. The lowest BCUT2D eigenvalue weighted by atomic mass is 10.5. The molecule has 0 atom stereocenters. The molecule has 1 heterocycles. The third-order valence-corrected chi connectivity index (χ3v) is 2.44. The van der Waals surface area contributed by atoms with E-state index in [2.05, 4.69) is 33.2 Å². The molecule has 0 unspecified atom stereocenters. The summed E-state index contributed by atoms with van der Waals surface area (Å²) in [7, 11) is 0. The number of hydrogen-bond donors (Lipinski definition) is 1. The van der Waals surface area contributed by atoms with Crippen molar-refractivity contribution in [1.29, 1.82) is 0 Å². The van der Waals surface area contributed by atoms with Crippen molar-refractivity contribution in [3.63, 3.8) is 0 Å². The molecule has 0 bridgehead atoms. The van der Waals surface area contributed by atoms with Crippen LogP contribution < -0.4 is 5.32 Å². The summed E-state index contributed by atoms with van der Waals surface area (Å²) in [5.74, 6) is 0. The fourth-order valence-corrected chi connectivity index (χ4v) is 1.70. The number of thiazole rings is 1. The lowest BCUT2D eigenvalue weighted by Gasteiger charge is -1.95. The molecule has 0 aliphatic carbocycles. The van der Waals surface area contributed by atoms with Crippen LogP contribution in [0.15, 0.2) is 9.98 Å². The van der Waals surface area contributed by atoms with E-state index in [0.717, 1.165) is 21.9 Å². The zero-order chi connectivity index (χ0) is 7.40. The maximum atomic E-state index is 4.11. The summed E-state index contributed by atoms with van der Waals surface area (Å²) in [4.78, 5) is 4.11. The number of anilines is 1. The van der Waals surface area contributed by atoms with Crippen LogP contribution in [0.25, 0.3) is 0 Å². The van der Waals surface area contributed by atoms with Crippen molar-refractivity contribution in [1.82, 2.24) is 4.98 Å². The van der Waals surface area contributed by atoms with Gasteiger partial charge in [-0.3, -0.25) is 0 Å². The van der Waals surface area contributed by atoms with Crippen molar-refractivity contribution in [3.05, 3.63) is 9.98 Å².